The number of hydrogen-bond donors (Lipinski definition) is 2. The molecule has 0 aromatic heterocycles. The van der Waals surface area contributed by atoms with Gasteiger partial charge in [-0.05, 0) is 55.1 Å². The molecule has 0 unspecified atom stereocenters. The Morgan fingerprint density at radius 1 is 1.09 bits per heavy atom. The van der Waals surface area contributed by atoms with Crippen LogP contribution in [0.15, 0.2) is 48.5 Å². The first-order chi connectivity index (χ1) is 10.6. The molecule has 3 N–H and O–H groups in total. The van der Waals surface area contributed by atoms with Crippen LogP contribution in [0.3, 0.4) is 0 Å². The molecule has 0 aliphatic carbocycles. The van der Waals surface area contributed by atoms with Crippen molar-refractivity contribution in [3.05, 3.63) is 59.7 Å². The van der Waals surface area contributed by atoms with Crippen molar-refractivity contribution in [2.45, 2.75) is 20.4 Å². The molecule has 2 aromatic rings. The zero-order chi connectivity index (χ0) is 15.9. The minimum atomic E-state index is -0.105. The van der Waals surface area contributed by atoms with Crippen molar-refractivity contribution in [1.82, 2.24) is 4.90 Å². The Labute approximate surface area is 131 Å². The van der Waals surface area contributed by atoms with E-state index in [4.69, 9.17) is 5.73 Å². The van der Waals surface area contributed by atoms with Crippen LogP contribution in [-0.4, -0.2) is 23.9 Å². The van der Waals surface area contributed by atoms with E-state index in [-0.39, 0.29) is 5.91 Å². The van der Waals surface area contributed by atoms with Crippen molar-refractivity contribution in [1.29, 1.82) is 0 Å². The highest BCUT2D eigenvalue weighted by atomic mass is 16.1. The highest BCUT2D eigenvalue weighted by Crippen LogP contribution is 2.14. The summed E-state index contributed by atoms with van der Waals surface area (Å²) in [6.45, 7) is 7.13. The van der Waals surface area contributed by atoms with Gasteiger partial charge in [-0.2, -0.15) is 0 Å². The third kappa shape index (κ3) is 4.33. The Balaban J connectivity index is 2.08. The fraction of sp³-hybridized carbons (Fsp3) is 0.278. The molecule has 4 nitrogen and oxygen atoms in total. The van der Waals surface area contributed by atoms with Gasteiger partial charge in [-0.25, -0.2) is 0 Å². The number of carbonyl (C=O) groups is 1. The molecule has 0 aliphatic rings. The lowest BCUT2D eigenvalue weighted by Gasteiger charge is -2.18. The lowest BCUT2D eigenvalue weighted by Crippen LogP contribution is -2.22. The fourth-order valence-corrected chi connectivity index (χ4v) is 2.29. The first-order valence-electron chi connectivity index (χ1n) is 7.60. The van der Waals surface area contributed by atoms with Crippen molar-refractivity contribution in [3.63, 3.8) is 0 Å². The molecule has 0 atom stereocenters. The van der Waals surface area contributed by atoms with E-state index in [1.54, 1.807) is 24.3 Å². The van der Waals surface area contributed by atoms with Gasteiger partial charge in [0.2, 0.25) is 0 Å². The van der Waals surface area contributed by atoms with Crippen LogP contribution in [0.5, 0.6) is 0 Å². The molecule has 116 valence electrons. The van der Waals surface area contributed by atoms with Crippen LogP contribution in [0.25, 0.3) is 0 Å². The Bertz CT molecular complexity index is 618. The van der Waals surface area contributed by atoms with Gasteiger partial charge >= 0.3 is 0 Å². The van der Waals surface area contributed by atoms with Gasteiger partial charge in [0, 0.05) is 23.5 Å². The van der Waals surface area contributed by atoms with E-state index >= 15 is 0 Å². The van der Waals surface area contributed by atoms with Crippen LogP contribution in [0.2, 0.25) is 0 Å². The normalized spacial score (nSPS) is 10.7. The molecule has 0 fully saturated rings. The van der Waals surface area contributed by atoms with Gasteiger partial charge in [-0.15, -0.1) is 0 Å². The smallest absolute Gasteiger partial charge is 0.255 e. The number of nitrogen functional groups attached to an aromatic ring is 1. The van der Waals surface area contributed by atoms with Crippen molar-refractivity contribution >= 4 is 17.3 Å². The van der Waals surface area contributed by atoms with E-state index in [1.807, 2.05) is 18.2 Å². The zero-order valence-corrected chi connectivity index (χ0v) is 13.2. The Hall–Kier alpha value is -2.33. The molecule has 4 heteroatoms. The lowest BCUT2D eigenvalue weighted by molar-refractivity contribution is 0.102. The summed E-state index contributed by atoms with van der Waals surface area (Å²) < 4.78 is 0. The predicted octanol–water partition coefficient (Wildman–Crippen LogP) is 3.36. The number of nitrogens with zero attached hydrogens (tertiary/aromatic N) is 1. The number of carbonyl (C=O) groups excluding carboxylic acids is 1. The van der Waals surface area contributed by atoms with Gasteiger partial charge in [-0.1, -0.05) is 26.0 Å². The van der Waals surface area contributed by atoms with Crippen LogP contribution in [-0.2, 0) is 6.54 Å². The van der Waals surface area contributed by atoms with E-state index < -0.39 is 0 Å². The number of nitrogens with one attached hydrogen (secondary N) is 1. The average molecular weight is 297 g/mol. The number of rotatable bonds is 6. The molecule has 2 rings (SSSR count). The summed E-state index contributed by atoms with van der Waals surface area (Å²) in [5, 5.41) is 2.89. The summed E-state index contributed by atoms with van der Waals surface area (Å²) in [7, 11) is 0. The number of hydrogen-bond acceptors (Lipinski definition) is 3. The molecule has 22 heavy (non-hydrogen) atoms. The second kappa shape index (κ2) is 7.61. The van der Waals surface area contributed by atoms with Crippen LogP contribution in [0.1, 0.15) is 29.8 Å². The fourth-order valence-electron chi connectivity index (χ4n) is 2.29. The van der Waals surface area contributed by atoms with Gasteiger partial charge in [-0.3, -0.25) is 9.69 Å². The van der Waals surface area contributed by atoms with Gasteiger partial charge in [0.05, 0.1) is 0 Å². The molecule has 0 heterocycles. The quantitative estimate of drug-likeness (QED) is 0.804. The van der Waals surface area contributed by atoms with E-state index in [1.165, 1.54) is 0 Å². The molecular weight excluding hydrogens is 274 g/mol. The summed E-state index contributed by atoms with van der Waals surface area (Å²) in [5.74, 6) is -0.105. The summed E-state index contributed by atoms with van der Waals surface area (Å²) in [6, 6.07) is 14.9. The lowest BCUT2D eigenvalue weighted by atomic mass is 10.1. The standard InChI is InChI=1S/C18H23N3O/c1-3-21(4-2)13-14-6-5-7-15(12-14)18(22)20-17-10-8-16(19)9-11-17/h5-12H,3-4,13,19H2,1-2H3,(H,20,22). The first-order valence-corrected chi connectivity index (χ1v) is 7.60. The van der Waals surface area contributed by atoms with E-state index in [0.29, 0.717) is 11.3 Å². The molecule has 0 bridgehead atoms. The van der Waals surface area contributed by atoms with Crippen molar-refractivity contribution in [3.8, 4) is 0 Å². The minimum absolute atomic E-state index is 0.105. The zero-order valence-electron chi connectivity index (χ0n) is 13.2. The summed E-state index contributed by atoms with van der Waals surface area (Å²) >= 11 is 0. The molecule has 0 aliphatic heterocycles. The third-order valence-corrected chi connectivity index (χ3v) is 3.66. The van der Waals surface area contributed by atoms with Gasteiger partial charge in [0.1, 0.15) is 0 Å². The number of amides is 1. The van der Waals surface area contributed by atoms with Gasteiger partial charge in [0.15, 0.2) is 0 Å². The largest absolute Gasteiger partial charge is 0.399 e. The molecule has 1 amide bonds. The highest BCUT2D eigenvalue weighted by molar-refractivity contribution is 6.04. The maximum Gasteiger partial charge on any atom is 0.255 e. The second-order valence-corrected chi connectivity index (χ2v) is 5.24. The third-order valence-electron chi connectivity index (χ3n) is 3.66. The molecule has 0 saturated heterocycles. The summed E-state index contributed by atoms with van der Waals surface area (Å²) in [5.41, 5.74) is 8.88. The molecule has 0 spiro atoms. The topological polar surface area (TPSA) is 58.4 Å². The summed E-state index contributed by atoms with van der Waals surface area (Å²) in [4.78, 5) is 14.6. The highest BCUT2D eigenvalue weighted by Gasteiger charge is 2.08. The SMILES string of the molecule is CCN(CC)Cc1cccc(C(=O)Nc2ccc(N)cc2)c1. The Kier molecular flexibility index (Phi) is 5.55. The maximum absolute atomic E-state index is 12.3. The first kappa shape index (κ1) is 16.0. The van der Waals surface area contributed by atoms with Gasteiger partial charge < -0.3 is 11.1 Å². The molecule has 2 aromatic carbocycles. The van der Waals surface area contributed by atoms with Crippen molar-refractivity contribution in [2.75, 3.05) is 24.1 Å². The molecule has 0 saturated carbocycles. The van der Waals surface area contributed by atoms with Crippen LogP contribution < -0.4 is 11.1 Å². The van der Waals surface area contributed by atoms with E-state index in [9.17, 15) is 4.79 Å². The van der Waals surface area contributed by atoms with Gasteiger partial charge in [0.25, 0.3) is 5.91 Å². The van der Waals surface area contributed by atoms with E-state index in [0.717, 1.165) is 30.9 Å². The molecular formula is C18H23N3O. The maximum atomic E-state index is 12.3. The summed E-state index contributed by atoms with van der Waals surface area (Å²) in [6.07, 6.45) is 0. The average Bonchev–Trinajstić information content (AvgIpc) is 2.55. The minimum Gasteiger partial charge on any atom is -0.399 e. The van der Waals surface area contributed by atoms with Crippen LogP contribution in [0.4, 0.5) is 11.4 Å². The van der Waals surface area contributed by atoms with Crippen molar-refractivity contribution < 1.29 is 4.79 Å². The van der Waals surface area contributed by atoms with Crippen molar-refractivity contribution in [2.24, 2.45) is 0 Å². The number of anilines is 2. The second-order valence-electron chi connectivity index (χ2n) is 5.24. The molecule has 0 radical (unpaired) electrons. The number of nitrogens with two attached hydrogens (primary N) is 1. The Morgan fingerprint density at radius 3 is 2.41 bits per heavy atom. The monoisotopic (exact) mass is 297 g/mol. The Morgan fingerprint density at radius 2 is 1.77 bits per heavy atom. The van der Waals surface area contributed by atoms with Crippen LogP contribution >= 0.6 is 0 Å². The van der Waals surface area contributed by atoms with Crippen LogP contribution in [0, 0.1) is 0 Å². The van der Waals surface area contributed by atoms with E-state index in [2.05, 4.69) is 30.1 Å². The number of benzene rings is 2. The predicted molar refractivity (Wildman–Crippen MR) is 91.9 cm³/mol.